The Bertz CT molecular complexity index is 585. The van der Waals surface area contributed by atoms with E-state index < -0.39 is 5.97 Å². The summed E-state index contributed by atoms with van der Waals surface area (Å²) in [5, 5.41) is 13.1. The molecule has 6 nitrogen and oxygen atoms in total. The first-order valence-electron chi connectivity index (χ1n) is 6.89. The van der Waals surface area contributed by atoms with E-state index in [9.17, 15) is 10.1 Å². The maximum absolute atomic E-state index is 12.0. The first-order valence-corrected chi connectivity index (χ1v) is 8.50. The van der Waals surface area contributed by atoms with Crippen molar-refractivity contribution in [2.75, 3.05) is 26.1 Å². The van der Waals surface area contributed by atoms with Crippen LogP contribution in [0.15, 0.2) is 28.9 Å². The highest BCUT2D eigenvalue weighted by molar-refractivity contribution is 8.02. The van der Waals surface area contributed by atoms with Crippen LogP contribution in [0, 0.1) is 11.3 Å². The molecule has 1 heterocycles. The fourth-order valence-electron chi connectivity index (χ4n) is 1.55. The Morgan fingerprint density at radius 2 is 2.26 bits per heavy atom. The van der Waals surface area contributed by atoms with E-state index in [1.807, 2.05) is 19.1 Å². The fourth-order valence-corrected chi connectivity index (χ4v) is 2.22. The number of carbonyl (C=O) groups is 1. The van der Waals surface area contributed by atoms with Crippen LogP contribution in [0.4, 0.5) is 0 Å². The molecule has 0 aliphatic rings. The molecule has 124 valence electrons. The minimum atomic E-state index is -0.668. The number of pyridine rings is 1. The molecule has 8 heteroatoms. The quantitative estimate of drug-likeness (QED) is 0.239. The number of aromatic nitrogens is 1. The van der Waals surface area contributed by atoms with Crippen molar-refractivity contribution in [3.05, 3.63) is 39.6 Å². The summed E-state index contributed by atoms with van der Waals surface area (Å²) in [6.45, 7) is 3.23. The molecule has 1 aromatic heterocycles. The number of thioether (sulfide) groups is 1. The van der Waals surface area contributed by atoms with Gasteiger partial charge in [-0.25, -0.2) is 9.78 Å². The zero-order valence-electron chi connectivity index (χ0n) is 13.0. The molecule has 0 atom stereocenters. The molecule has 0 aromatic carbocycles. The van der Waals surface area contributed by atoms with E-state index in [2.05, 4.69) is 10.3 Å². The van der Waals surface area contributed by atoms with Crippen LogP contribution in [0.25, 0.3) is 0 Å². The molecule has 0 aliphatic carbocycles. The second kappa shape index (κ2) is 10.9. The van der Waals surface area contributed by atoms with Crippen LogP contribution in [0.3, 0.4) is 0 Å². The van der Waals surface area contributed by atoms with Crippen molar-refractivity contribution in [3.63, 3.8) is 0 Å². The van der Waals surface area contributed by atoms with Gasteiger partial charge in [-0.3, -0.25) is 0 Å². The van der Waals surface area contributed by atoms with Crippen LogP contribution in [0.1, 0.15) is 12.5 Å². The molecule has 0 spiro atoms. The van der Waals surface area contributed by atoms with Gasteiger partial charge in [0.2, 0.25) is 0 Å². The molecule has 1 aromatic rings. The van der Waals surface area contributed by atoms with Crippen molar-refractivity contribution in [2.45, 2.75) is 13.5 Å². The zero-order chi connectivity index (χ0) is 17.1. The van der Waals surface area contributed by atoms with E-state index in [1.165, 1.54) is 11.8 Å². The summed E-state index contributed by atoms with van der Waals surface area (Å²) in [6.07, 6.45) is 3.40. The van der Waals surface area contributed by atoms with Crippen LogP contribution < -0.4 is 5.32 Å². The van der Waals surface area contributed by atoms with E-state index in [0.717, 1.165) is 5.56 Å². The largest absolute Gasteiger partial charge is 0.459 e. The van der Waals surface area contributed by atoms with Crippen molar-refractivity contribution in [1.29, 1.82) is 5.26 Å². The second-order valence-electron chi connectivity index (χ2n) is 4.20. The molecular formula is C15H18ClN3O3S. The monoisotopic (exact) mass is 355 g/mol. The average molecular weight is 356 g/mol. The number of nitrogens with zero attached hydrogens (tertiary/aromatic N) is 2. The Morgan fingerprint density at radius 1 is 1.48 bits per heavy atom. The van der Waals surface area contributed by atoms with Crippen LogP contribution in [0.2, 0.25) is 5.15 Å². The SMILES string of the molecule is CCOCCOC(=O)/C(C#N)=C(/NCc1ccc(Cl)nc1)SC. The van der Waals surface area contributed by atoms with Gasteiger partial charge in [0.1, 0.15) is 17.8 Å². The number of rotatable bonds is 9. The number of nitrogens with one attached hydrogen (secondary N) is 1. The number of halogens is 1. The van der Waals surface area contributed by atoms with E-state index in [4.69, 9.17) is 21.1 Å². The van der Waals surface area contributed by atoms with Crippen molar-refractivity contribution in [3.8, 4) is 6.07 Å². The third-order valence-corrected chi connectivity index (χ3v) is 3.63. The molecule has 0 unspecified atom stereocenters. The lowest BCUT2D eigenvalue weighted by molar-refractivity contribution is -0.140. The lowest BCUT2D eigenvalue weighted by Crippen LogP contribution is -2.19. The zero-order valence-corrected chi connectivity index (χ0v) is 14.5. The molecule has 0 radical (unpaired) electrons. The van der Waals surface area contributed by atoms with Gasteiger partial charge in [0, 0.05) is 19.3 Å². The lowest BCUT2D eigenvalue weighted by Gasteiger charge is -2.11. The van der Waals surface area contributed by atoms with E-state index >= 15 is 0 Å². The molecule has 0 bridgehead atoms. The van der Waals surface area contributed by atoms with Crippen molar-refractivity contribution < 1.29 is 14.3 Å². The van der Waals surface area contributed by atoms with Crippen molar-refractivity contribution in [1.82, 2.24) is 10.3 Å². The molecular weight excluding hydrogens is 338 g/mol. The number of hydrogen-bond donors (Lipinski definition) is 1. The molecule has 1 N–H and O–H groups in total. The number of hydrogen-bond acceptors (Lipinski definition) is 7. The fraction of sp³-hybridized carbons (Fsp3) is 0.400. The van der Waals surface area contributed by atoms with Gasteiger partial charge in [-0.05, 0) is 24.8 Å². The predicted molar refractivity (Wildman–Crippen MR) is 89.7 cm³/mol. The highest BCUT2D eigenvalue weighted by Crippen LogP contribution is 2.16. The third-order valence-electron chi connectivity index (χ3n) is 2.65. The summed E-state index contributed by atoms with van der Waals surface area (Å²) in [4.78, 5) is 15.9. The number of nitriles is 1. The van der Waals surface area contributed by atoms with E-state index in [-0.39, 0.29) is 12.2 Å². The molecule has 0 saturated heterocycles. The van der Waals surface area contributed by atoms with E-state index in [1.54, 1.807) is 18.5 Å². The molecule has 23 heavy (non-hydrogen) atoms. The highest BCUT2D eigenvalue weighted by Gasteiger charge is 2.16. The second-order valence-corrected chi connectivity index (χ2v) is 5.40. The first kappa shape index (κ1) is 19.3. The Morgan fingerprint density at radius 3 is 2.83 bits per heavy atom. The Hall–Kier alpha value is -1.75. The number of esters is 1. The maximum Gasteiger partial charge on any atom is 0.351 e. The van der Waals surface area contributed by atoms with Gasteiger partial charge < -0.3 is 14.8 Å². The van der Waals surface area contributed by atoms with Gasteiger partial charge in [0.05, 0.1) is 11.6 Å². The molecule has 0 aliphatic heterocycles. The third kappa shape index (κ3) is 6.91. The summed E-state index contributed by atoms with van der Waals surface area (Å²) in [5.41, 5.74) is 0.818. The van der Waals surface area contributed by atoms with Gasteiger partial charge >= 0.3 is 5.97 Å². The number of ether oxygens (including phenoxy) is 2. The van der Waals surface area contributed by atoms with Gasteiger partial charge in [0.15, 0.2) is 5.57 Å². The minimum absolute atomic E-state index is 0.0593. The van der Waals surface area contributed by atoms with Crippen LogP contribution in [0.5, 0.6) is 0 Å². The van der Waals surface area contributed by atoms with Gasteiger partial charge in [0.25, 0.3) is 0 Å². The topological polar surface area (TPSA) is 84.2 Å². The Labute approximate surface area is 144 Å². The molecule has 0 fully saturated rings. The van der Waals surface area contributed by atoms with Crippen molar-refractivity contribution in [2.24, 2.45) is 0 Å². The normalized spacial score (nSPS) is 11.4. The molecule has 0 amide bonds. The summed E-state index contributed by atoms with van der Waals surface area (Å²) < 4.78 is 10.1. The average Bonchev–Trinajstić information content (AvgIpc) is 2.56. The summed E-state index contributed by atoms with van der Waals surface area (Å²) in [5.74, 6) is -0.668. The number of carbonyl (C=O) groups excluding carboxylic acids is 1. The summed E-state index contributed by atoms with van der Waals surface area (Å²) >= 11 is 6.99. The summed E-state index contributed by atoms with van der Waals surface area (Å²) in [7, 11) is 0. The molecule has 1 rings (SSSR count). The minimum Gasteiger partial charge on any atom is -0.459 e. The van der Waals surface area contributed by atoms with Gasteiger partial charge in [-0.1, -0.05) is 17.7 Å². The standard InChI is InChI=1S/C15H18ClN3O3S/c1-3-21-6-7-22-15(20)12(8-17)14(23-2)19-10-11-4-5-13(16)18-9-11/h4-5,9,19H,3,6-7,10H2,1-2H3/b14-12-. The van der Waals surface area contributed by atoms with E-state index in [0.29, 0.717) is 29.9 Å². The van der Waals surface area contributed by atoms with Gasteiger partial charge in [-0.2, -0.15) is 5.26 Å². The van der Waals surface area contributed by atoms with Crippen LogP contribution in [-0.2, 0) is 20.8 Å². The predicted octanol–water partition coefficient (Wildman–Crippen LogP) is 2.50. The first-order chi connectivity index (χ1) is 11.1. The van der Waals surface area contributed by atoms with Crippen LogP contribution in [-0.4, -0.2) is 37.0 Å². The maximum atomic E-state index is 12.0. The lowest BCUT2D eigenvalue weighted by atomic mass is 10.3. The van der Waals surface area contributed by atoms with Gasteiger partial charge in [-0.15, -0.1) is 11.8 Å². The van der Waals surface area contributed by atoms with Crippen LogP contribution >= 0.6 is 23.4 Å². The Balaban J connectivity index is 2.68. The smallest absolute Gasteiger partial charge is 0.351 e. The molecule has 0 saturated carbocycles. The highest BCUT2D eigenvalue weighted by atomic mass is 35.5. The Kier molecular flexibility index (Phi) is 9.14. The summed E-state index contributed by atoms with van der Waals surface area (Å²) in [6, 6.07) is 5.37. The van der Waals surface area contributed by atoms with Crippen molar-refractivity contribution >= 4 is 29.3 Å².